The summed E-state index contributed by atoms with van der Waals surface area (Å²) in [5, 5.41) is 15.0. The first-order chi connectivity index (χ1) is 12.3. The molecule has 122 valence electrons. The number of aromatic nitrogens is 6. The molecule has 0 aliphatic carbocycles. The summed E-state index contributed by atoms with van der Waals surface area (Å²) in [7, 11) is 0. The molecule has 4 rings (SSSR count). The maximum absolute atomic E-state index is 9.19. The molecule has 0 saturated carbocycles. The van der Waals surface area contributed by atoms with Gasteiger partial charge >= 0.3 is 0 Å². The van der Waals surface area contributed by atoms with Gasteiger partial charge in [-0.15, -0.1) is 0 Å². The van der Waals surface area contributed by atoms with Crippen molar-refractivity contribution in [1.82, 2.24) is 29.7 Å². The van der Waals surface area contributed by atoms with E-state index in [1.165, 1.54) is 6.33 Å². The largest absolute Gasteiger partial charge is 0.346 e. The van der Waals surface area contributed by atoms with E-state index in [1.807, 2.05) is 24.5 Å². The van der Waals surface area contributed by atoms with Crippen LogP contribution in [0.1, 0.15) is 18.0 Å². The number of nitrogens with one attached hydrogen (secondary N) is 1. The van der Waals surface area contributed by atoms with Crippen molar-refractivity contribution in [2.24, 2.45) is 0 Å². The summed E-state index contributed by atoms with van der Waals surface area (Å²) >= 11 is 5.85. The van der Waals surface area contributed by atoms with Crippen LogP contribution in [0.25, 0.3) is 22.3 Å². The van der Waals surface area contributed by atoms with Crippen LogP contribution < -0.4 is 0 Å². The van der Waals surface area contributed by atoms with Crippen LogP contribution in [-0.2, 0) is 0 Å². The quantitative estimate of drug-likeness (QED) is 0.570. The number of rotatable bonds is 4. The highest BCUT2D eigenvalue weighted by Crippen LogP contribution is 2.27. The van der Waals surface area contributed by atoms with Crippen LogP contribution in [0.3, 0.4) is 0 Å². The maximum atomic E-state index is 9.19. The lowest BCUT2D eigenvalue weighted by molar-refractivity contribution is 0.531. The van der Waals surface area contributed by atoms with E-state index in [0.29, 0.717) is 5.15 Å². The van der Waals surface area contributed by atoms with Crippen molar-refractivity contribution in [1.29, 1.82) is 5.26 Å². The van der Waals surface area contributed by atoms with E-state index < -0.39 is 0 Å². The van der Waals surface area contributed by atoms with Gasteiger partial charge in [0, 0.05) is 29.5 Å². The second-order valence-electron chi connectivity index (χ2n) is 5.46. The van der Waals surface area contributed by atoms with Gasteiger partial charge in [-0.2, -0.15) is 10.4 Å². The Morgan fingerprint density at radius 1 is 1.20 bits per heavy atom. The Kier molecular flexibility index (Phi) is 3.88. The first-order valence-corrected chi connectivity index (χ1v) is 7.95. The second kappa shape index (κ2) is 6.34. The van der Waals surface area contributed by atoms with Gasteiger partial charge in [-0.25, -0.2) is 15.0 Å². The van der Waals surface area contributed by atoms with Gasteiger partial charge in [-0.3, -0.25) is 4.68 Å². The number of nitriles is 1. The molecule has 0 fully saturated rings. The Labute approximate surface area is 147 Å². The number of hydrogen-bond acceptors (Lipinski definition) is 5. The Hall–Kier alpha value is -3.24. The maximum Gasteiger partial charge on any atom is 0.141 e. The summed E-state index contributed by atoms with van der Waals surface area (Å²) in [6.45, 7) is 0. The molecule has 7 nitrogen and oxygen atoms in total. The van der Waals surface area contributed by atoms with Crippen LogP contribution in [0, 0.1) is 11.3 Å². The standard InChI is InChI=1S/C17H12ClN7/c18-15-2-1-11(7-21-15)14(3-5-19)25-9-12(8-24-25)16-13-4-6-20-17(13)23-10-22-16/h1-2,4,6-10,14H,3H2,(H,20,22,23). The Bertz CT molecular complexity index is 1060. The molecule has 8 heteroatoms. The van der Waals surface area contributed by atoms with E-state index in [4.69, 9.17) is 11.6 Å². The molecule has 0 spiro atoms. The van der Waals surface area contributed by atoms with Crippen molar-refractivity contribution in [2.75, 3.05) is 0 Å². The average molecular weight is 350 g/mol. The predicted octanol–water partition coefficient (Wildman–Crippen LogP) is 3.37. The fourth-order valence-electron chi connectivity index (χ4n) is 2.77. The molecule has 0 aromatic carbocycles. The Morgan fingerprint density at radius 2 is 2.12 bits per heavy atom. The van der Waals surface area contributed by atoms with Crippen molar-refractivity contribution >= 4 is 22.6 Å². The minimum Gasteiger partial charge on any atom is -0.346 e. The highest BCUT2D eigenvalue weighted by molar-refractivity contribution is 6.29. The molecular formula is C17H12ClN7. The number of hydrogen-bond donors (Lipinski definition) is 1. The van der Waals surface area contributed by atoms with Gasteiger partial charge in [0.25, 0.3) is 0 Å². The Balaban J connectivity index is 1.75. The zero-order chi connectivity index (χ0) is 17.2. The monoisotopic (exact) mass is 349 g/mol. The molecule has 0 saturated heterocycles. The first kappa shape index (κ1) is 15.3. The summed E-state index contributed by atoms with van der Waals surface area (Å²) in [6.07, 6.45) is 8.90. The third-order valence-corrected chi connectivity index (χ3v) is 4.19. The fraction of sp³-hybridized carbons (Fsp3) is 0.118. The van der Waals surface area contributed by atoms with E-state index in [1.54, 1.807) is 23.1 Å². The summed E-state index contributed by atoms with van der Waals surface area (Å²) in [6, 6.07) is 7.45. The SMILES string of the molecule is N#CCC(c1ccc(Cl)nc1)n1cc(-c2ncnc3[nH]ccc23)cn1. The van der Waals surface area contributed by atoms with Crippen LogP contribution in [0.15, 0.2) is 49.3 Å². The molecule has 0 bridgehead atoms. The highest BCUT2D eigenvalue weighted by Gasteiger charge is 2.17. The van der Waals surface area contributed by atoms with Crippen molar-refractivity contribution in [3.05, 3.63) is 60.0 Å². The molecule has 4 aromatic rings. The van der Waals surface area contributed by atoms with Gasteiger partial charge in [0.05, 0.1) is 30.4 Å². The van der Waals surface area contributed by atoms with Crippen molar-refractivity contribution < 1.29 is 0 Å². The van der Waals surface area contributed by atoms with Crippen molar-refractivity contribution in [3.8, 4) is 17.3 Å². The first-order valence-electron chi connectivity index (χ1n) is 7.57. The molecule has 1 atom stereocenters. The summed E-state index contributed by atoms with van der Waals surface area (Å²) < 4.78 is 1.75. The average Bonchev–Trinajstić information content (AvgIpc) is 3.29. The minimum absolute atomic E-state index is 0.243. The molecular weight excluding hydrogens is 338 g/mol. The van der Waals surface area contributed by atoms with E-state index in [9.17, 15) is 5.26 Å². The molecule has 1 unspecified atom stereocenters. The van der Waals surface area contributed by atoms with E-state index >= 15 is 0 Å². The number of fused-ring (bicyclic) bond motifs is 1. The lowest BCUT2D eigenvalue weighted by Gasteiger charge is -2.14. The van der Waals surface area contributed by atoms with Crippen LogP contribution in [0.5, 0.6) is 0 Å². The summed E-state index contributed by atoms with van der Waals surface area (Å²) in [5.74, 6) is 0. The van der Waals surface area contributed by atoms with Crippen LogP contribution in [0.2, 0.25) is 5.15 Å². The van der Waals surface area contributed by atoms with E-state index in [-0.39, 0.29) is 12.5 Å². The number of pyridine rings is 1. The van der Waals surface area contributed by atoms with Crippen LogP contribution in [0.4, 0.5) is 0 Å². The van der Waals surface area contributed by atoms with Crippen LogP contribution in [-0.4, -0.2) is 29.7 Å². The van der Waals surface area contributed by atoms with Gasteiger partial charge in [0.2, 0.25) is 0 Å². The molecule has 4 aromatic heterocycles. The Morgan fingerprint density at radius 3 is 2.92 bits per heavy atom. The fourth-order valence-corrected chi connectivity index (χ4v) is 2.88. The molecule has 0 amide bonds. The smallest absolute Gasteiger partial charge is 0.141 e. The number of aromatic amines is 1. The van der Waals surface area contributed by atoms with Crippen molar-refractivity contribution in [3.63, 3.8) is 0 Å². The van der Waals surface area contributed by atoms with Gasteiger partial charge in [-0.05, 0) is 17.7 Å². The van der Waals surface area contributed by atoms with Crippen molar-refractivity contribution in [2.45, 2.75) is 12.5 Å². The lowest BCUT2D eigenvalue weighted by Crippen LogP contribution is -2.11. The topological polar surface area (TPSA) is 96.1 Å². The van der Waals surface area contributed by atoms with E-state index in [0.717, 1.165) is 27.9 Å². The third kappa shape index (κ3) is 2.84. The predicted molar refractivity (Wildman–Crippen MR) is 92.7 cm³/mol. The number of H-pyrrole nitrogens is 1. The van der Waals surface area contributed by atoms with Gasteiger partial charge in [0.1, 0.15) is 17.1 Å². The van der Waals surface area contributed by atoms with Gasteiger partial charge in [0.15, 0.2) is 0 Å². The minimum atomic E-state index is -0.243. The zero-order valence-corrected chi connectivity index (χ0v) is 13.7. The molecule has 0 aliphatic rings. The molecule has 0 radical (unpaired) electrons. The van der Waals surface area contributed by atoms with Gasteiger partial charge < -0.3 is 4.98 Å². The lowest BCUT2D eigenvalue weighted by atomic mass is 10.1. The molecule has 1 N–H and O–H groups in total. The molecule has 25 heavy (non-hydrogen) atoms. The summed E-state index contributed by atoms with van der Waals surface area (Å²) in [5.41, 5.74) is 3.29. The molecule has 4 heterocycles. The highest BCUT2D eigenvalue weighted by atomic mass is 35.5. The van der Waals surface area contributed by atoms with Crippen LogP contribution >= 0.6 is 11.6 Å². The third-order valence-electron chi connectivity index (χ3n) is 3.97. The normalized spacial score (nSPS) is 12.2. The number of halogens is 1. The zero-order valence-electron chi connectivity index (χ0n) is 13.0. The number of nitrogens with zero attached hydrogens (tertiary/aromatic N) is 6. The van der Waals surface area contributed by atoms with E-state index in [2.05, 4.69) is 31.1 Å². The molecule has 0 aliphatic heterocycles. The summed E-state index contributed by atoms with van der Waals surface area (Å²) in [4.78, 5) is 15.7. The van der Waals surface area contributed by atoms with Gasteiger partial charge in [-0.1, -0.05) is 17.7 Å². The second-order valence-corrected chi connectivity index (χ2v) is 5.85.